The van der Waals surface area contributed by atoms with Crippen LogP contribution in [0.1, 0.15) is 12.6 Å². The van der Waals surface area contributed by atoms with Crippen LogP contribution in [0, 0.1) is 17.0 Å². The summed E-state index contributed by atoms with van der Waals surface area (Å²) >= 11 is 0. The first-order valence-corrected chi connectivity index (χ1v) is 5.68. The van der Waals surface area contributed by atoms with Crippen molar-refractivity contribution in [2.24, 2.45) is 0 Å². The molecule has 0 aromatic carbocycles. The van der Waals surface area contributed by atoms with Gasteiger partial charge in [-0.3, -0.25) is 10.1 Å². The van der Waals surface area contributed by atoms with E-state index < -0.39 is 0 Å². The smallest absolute Gasteiger partial charge is 0.311 e. The molecule has 92 valence electrons. The predicted molar refractivity (Wildman–Crippen MR) is 65.3 cm³/mol. The third kappa shape index (κ3) is 2.52. The van der Waals surface area contributed by atoms with E-state index in [2.05, 4.69) is 17.2 Å². The number of nitrogens with zero attached hydrogens (tertiary/aromatic N) is 3. The molecule has 0 saturated carbocycles. The fourth-order valence-corrected chi connectivity index (χ4v) is 2.04. The van der Waals surface area contributed by atoms with Crippen molar-refractivity contribution in [3.8, 4) is 0 Å². The molecule has 0 radical (unpaired) electrons. The van der Waals surface area contributed by atoms with Crippen molar-refractivity contribution >= 4 is 11.5 Å². The molecule has 0 amide bonds. The van der Waals surface area contributed by atoms with Crippen molar-refractivity contribution in [3.05, 3.63) is 27.9 Å². The summed E-state index contributed by atoms with van der Waals surface area (Å²) in [6, 6.07) is 3.53. The van der Waals surface area contributed by atoms with Gasteiger partial charge in [-0.15, -0.1) is 0 Å². The molecule has 6 nitrogen and oxygen atoms in total. The summed E-state index contributed by atoms with van der Waals surface area (Å²) in [7, 11) is 0. The molecule has 1 aromatic heterocycles. The van der Waals surface area contributed by atoms with Gasteiger partial charge in [-0.25, -0.2) is 4.98 Å². The number of piperazine rings is 1. The molecule has 1 aromatic rings. The Labute approximate surface area is 99.8 Å². The van der Waals surface area contributed by atoms with Crippen LogP contribution in [-0.2, 0) is 0 Å². The zero-order valence-corrected chi connectivity index (χ0v) is 10.0. The number of aromatic nitrogens is 1. The molecule has 2 rings (SSSR count). The quantitative estimate of drug-likeness (QED) is 0.615. The second-order valence-corrected chi connectivity index (χ2v) is 4.35. The Morgan fingerprint density at radius 3 is 3.00 bits per heavy atom. The maximum Gasteiger partial charge on any atom is 0.311 e. The van der Waals surface area contributed by atoms with Gasteiger partial charge in [0.1, 0.15) is 0 Å². The van der Waals surface area contributed by atoms with Crippen LogP contribution in [0.25, 0.3) is 0 Å². The first-order chi connectivity index (χ1) is 8.08. The first kappa shape index (κ1) is 11.8. The molecular weight excluding hydrogens is 220 g/mol. The van der Waals surface area contributed by atoms with E-state index in [0.717, 1.165) is 25.3 Å². The van der Waals surface area contributed by atoms with Crippen molar-refractivity contribution in [1.82, 2.24) is 10.3 Å². The Hall–Kier alpha value is -1.69. The third-order valence-corrected chi connectivity index (χ3v) is 2.86. The molecule has 1 unspecified atom stereocenters. The number of hydrogen-bond donors (Lipinski definition) is 1. The average Bonchev–Trinajstić information content (AvgIpc) is 2.28. The number of anilines is 1. The number of rotatable bonds is 2. The van der Waals surface area contributed by atoms with Gasteiger partial charge in [-0.2, -0.15) is 0 Å². The lowest BCUT2D eigenvalue weighted by atomic mass is 10.2. The standard InChI is InChI=1S/C11H16N4O2/c1-8-3-4-10(15(16)17)11(13-8)14-6-5-12-9(2)7-14/h3-4,9,12H,5-7H2,1-2H3. The number of nitro groups is 1. The minimum absolute atomic E-state index is 0.0877. The van der Waals surface area contributed by atoms with Crippen LogP contribution >= 0.6 is 0 Å². The molecule has 0 aliphatic carbocycles. The molecule has 1 aliphatic heterocycles. The summed E-state index contributed by atoms with van der Waals surface area (Å²) in [5.41, 5.74) is 0.890. The maximum atomic E-state index is 11.0. The van der Waals surface area contributed by atoms with Crippen molar-refractivity contribution < 1.29 is 4.92 Å². The first-order valence-electron chi connectivity index (χ1n) is 5.68. The molecule has 2 heterocycles. The van der Waals surface area contributed by atoms with Gasteiger partial charge in [-0.1, -0.05) is 0 Å². The zero-order chi connectivity index (χ0) is 12.4. The van der Waals surface area contributed by atoms with Gasteiger partial charge < -0.3 is 10.2 Å². The Morgan fingerprint density at radius 2 is 2.35 bits per heavy atom. The van der Waals surface area contributed by atoms with Gasteiger partial charge in [-0.05, 0) is 19.9 Å². The van der Waals surface area contributed by atoms with Crippen molar-refractivity contribution in [2.45, 2.75) is 19.9 Å². The van der Waals surface area contributed by atoms with Crippen LogP contribution in [-0.4, -0.2) is 35.6 Å². The van der Waals surface area contributed by atoms with Gasteiger partial charge in [0, 0.05) is 37.4 Å². The number of hydrogen-bond acceptors (Lipinski definition) is 5. The van der Waals surface area contributed by atoms with E-state index in [-0.39, 0.29) is 10.6 Å². The largest absolute Gasteiger partial charge is 0.348 e. The molecule has 1 saturated heterocycles. The SMILES string of the molecule is Cc1ccc([N+](=O)[O-])c(N2CCNC(C)C2)n1. The summed E-state index contributed by atoms with van der Waals surface area (Å²) in [4.78, 5) is 16.9. The summed E-state index contributed by atoms with van der Waals surface area (Å²) in [6.45, 7) is 6.24. The summed E-state index contributed by atoms with van der Waals surface area (Å²) in [6.07, 6.45) is 0. The predicted octanol–water partition coefficient (Wildman–Crippen LogP) is 1.10. The molecule has 1 atom stereocenters. The number of pyridine rings is 1. The lowest BCUT2D eigenvalue weighted by molar-refractivity contribution is -0.384. The maximum absolute atomic E-state index is 11.0. The van der Waals surface area contributed by atoms with Gasteiger partial charge >= 0.3 is 5.69 Å². The van der Waals surface area contributed by atoms with E-state index in [4.69, 9.17) is 0 Å². The molecule has 0 bridgehead atoms. The lowest BCUT2D eigenvalue weighted by Crippen LogP contribution is -2.49. The normalized spacial score (nSPS) is 20.4. The average molecular weight is 236 g/mol. The molecular formula is C11H16N4O2. The van der Waals surface area contributed by atoms with Crippen LogP contribution in [0.15, 0.2) is 12.1 Å². The van der Waals surface area contributed by atoms with Crippen molar-refractivity contribution in [1.29, 1.82) is 0 Å². The van der Waals surface area contributed by atoms with E-state index in [0.29, 0.717) is 11.9 Å². The van der Waals surface area contributed by atoms with Crippen LogP contribution < -0.4 is 10.2 Å². The molecule has 0 spiro atoms. The van der Waals surface area contributed by atoms with Crippen LogP contribution in [0.5, 0.6) is 0 Å². The fourth-order valence-electron chi connectivity index (χ4n) is 2.04. The van der Waals surface area contributed by atoms with E-state index in [1.807, 2.05) is 11.8 Å². The van der Waals surface area contributed by atoms with Gasteiger partial charge in [0.2, 0.25) is 5.82 Å². The Balaban J connectivity index is 2.35. The molecule has 17 heavy (non-hydrogen) atoms. The highest BCUT2D eigenvalue weighted by Gasteiger charge is 2.24. The van der Waals surface area contributed by atoms with Crippen molar-refractivity contribution in [3.63, 3.8) is 0 Å². The summed E-state index contributed by atoms with van der Waals surface area (Å²) in [5, 5.41) is 14.3. The molecule has 1 aliphatic rings. The second-order valence-electron chi connectivity index (χ2n) is 4.35. The Bertz CT molecular complexity index is 435. The lowest BCUT2D eigenvalue weighted by Gasteiger charge is -2.32. The topological polar surface area (TPSA) is 71.3 Å². The number of nitrogens with one attached hydrogen (secondary N) is 1. The minimum atomic E-state index is -0.367. The Morgan fingerprint density at radius 1 is 1.59 bits per heavy atom. The Kier molecular flexibility index (Phi) is 3.23. The fraction of sp³-hybridized carbons (Fsp3) is 0.545. The molecule has 1 N–H and O–H groups in total. The van der Waals surface area contributed by atoms with E-state index >= 15 is 0 Å². The molecule has 6 heteroatoms. The van der Waals surface area contributed by atoms with E-state index in [9.17, 15) is 10.1 Å². The van der Waals surface area contributed by atoms with Gasteiger partial charge in [0.15, 0.2) is 0 Å². The molecule has 1 fully saturated rings. The zero-order valence-electron chi connectivity index (χ0n) is 10.0. The summed E-state index contributed by atoms with van der Waals surface area (Å²) in [5.74, 6) is 0.489. The number of aryl methyl sites for hydroxylation is 1. The highest BCUT2D eigenvalue weighted by molar-refractivity contribution is 5.58. The summed E-state index contributed by atoms with van der Waals surface area (Å²) < 4.78 is 0. The van der Waals surface area contributed by atoms with Crippen LogP contribution in [0.2, 0.25) is 0 Å². The monoisotopic (exact) mass is 236 g/mol. The van der Waals surface area contributed by atoms with Crippen LogP contribution in [0.3, 0.4) is 0 Å². The van der Waals surface area contributed by atoms with Crippen LogP contribution in [0.4, 0.5) is 11.5 Å². The second kappa shape index (κ2) is 4.67. The van der Waals surface area contributed by atoms with E-state index in [1.165, 1.54) is 6.07 Å². The van der Waals surface area contributed by atoms with Crippen molar-refractivity contribution in [2.75, 3.05) is 24.5 Å². The highest BCUT2D eigenvalue weighted by Crippen LogP contribution is 2.26. The minimum Gasteiger partial charge on any atom is -0.348 e. The van der Waals surface area contributed by atoms with Gasteiger partial charge in [0.05, 0.1) is 4.92 Å². The van der Waals surface area contributed by atoms with Gasteiger partial charge in [0.25, 0.3) is 0 Å². The highest BCUT2D eigenvalue weighted by atomic mass is 16.6. The van der Waals surface area contributed by atoms with E-state index in [1.54, 1.807) is 6.07 Å². The third-order valence-electron chi connectivity index (χ3n) is 2.86.